The van der Waals surface area contributed by atoms with Crippen molar-refractivity contribution in [1.29, 1.82) is 0 Å². The lowest BCUT2D eigenvalue weighted by atomic mass is 10.1. The van der Waals surface area contributed by atoms with Gasteiger partial charge in [-0.2, -0.15) is 5.10 Å². The third-order valence-corrected chi connectivity index (χ3v) is 3.76. The number of carbonyl (C=O) groups excluding carboxylic acids is 1. The SMILES string of the molecule is O=C(c1ccc2[nH]ncc2c1)N1CCN(CCO)CC1. The first-order valence-electron chi connectivity index (χ1n) is 6.83. The molecule has 3 rings (SSSR count). The zero-order valence-electron chi connectivity index (χ0n) is 11.2. The standard InChI is InChI=1S/C14H18N4O2/c19-8-7-17-3-5-18(6-4-17)14(20)11-1-2-13-12(9-11)10-15-16-13/h1-2,9-10,19H,3-8H2,(H,15,16). The number of hydrogen-bond donors (Lipinski definition) is 2. The summed E-state index contributed by atoms with van der Waals surface area (Å²) in [5.41, 5.74) is 1.64. The number of hydrogen-bond acceptors (Lipinski definition) is 4. The average Bonchev–Trinajstić information content (AvgIpc) is 2.95. The smallest absolute Gasteiger partial charge is 0.253 e. The molecular formula is C14H18N4O2. The Kier molecular flexibility index (Phi) is 3.66. The van der Waals surface area contributed by atoms with Gasteiger partial charge in [0.1, 0.15) is 0 Å². The van der Waals surface area contributed by atoms with Gasteiger partial charge in [-0.15, -0.1) is 0 Å². The number of fused-ring (bicyclic) bond motifs is 1. The summed E-state index contributed by atoms with van der Waals surface area (Å²) >= 11 is 0. The molecule has 106 valence electrons. The molecule has 0 aliphatic carbocycles. The van der Waals surface area contributed by atoms with Crippen LogP contribution in [0.15, 0.2) is 24.4 Å². The number of aromatic nitrogens is 2. The lowest BCUT2D eigenvalue weighted by molar-refractivity contribution is 0.0615. The van der Waals surface area contributed by atoms with Gasteiger partial charge in [-0.05, 0) is 18.2 Å². The molecule has 1 amide bonds. The van der Waals surface area contributed by atoms with E-state index in [2.05, 4.69) is 15.1 Å². The molecule has 0 saturated carbocycles. The zero-order chi connectivity index (χ0) is 13.9. The van der Waals surface area contributed by atoms with E-state index in [-0.39, 0.29) is 12.5 Å². The van der Waals surface area contributed by atoms with Gasteiger partial charge in [-0.1, -0.05) is 0 Å². The predicted octanol–water partition coefficient (Wildman–Crippen LogP) is 0.313. The van der Waals surface area contributed by atoms with Crippen molar-refractivity contribution < 1.29 is 9.90 Å². The minimum atomic E-state index is 0.0664. The van der Waals surface area contributed by atoms with Gasteiger partial charge in [-0.25, -0.2) is 0 Å². The van der Waals surface area contributed by atoms with E-state index < -0.39 is 0 Å². The summed E-state index contributed by atoms with van der Waals surface area (Å²) in [6.45, 7) is 3.92. The second-order valence-corrected chi connectivity index (χ2v) is 5.03. The third-order valence-electron chi connectivity index (χ3n) is 3.76. The van der Waals surface area contributed by atoms with E-state index in [1.54, 1.807) is 6.20 Å². The van der Waals surface area contributed by atoms with Gasteiger partial charge >= 0.3 is 0 Å². The summed E-state index contributed by atoms with van der Waals surface area (Å²) in [5, 5.41) is 16.7. The second-order valence-electron chi connectivity index (χ2n) is 5.03. The highest BCUT2D eigenvalue weighted by Crippen LogP contribution is 2.15. The van der Waals surface area contributed by atoms with Crippen LogP contribution in [0.3, 0.4) is 0 Å². The Morgan fingerprint density at radius 1 is 1.30 bits per heavy atom. The van der Waals surface area contributed by atoms with Crippen molar-refractivity contribution in [3.05, 3.63) is 30.0 Å². The van der Waals surface area contributed by atoms with E-state index in [1.165, 1.54) is 0 Å². The van der Waals surface area contributed by atoms with Crippen molar-refractivity contribution in [2.75, 3.05) is 39.3 Å². The van der Waals surface area contributed by atoms with E-state index in [4.69, 9.17) is 5.11 Å². The van der Waals surface area contributed by atoms with Crippen LogP contribution in [0.5, 0.6) is 0 Å². The topological polar surface area (TPSA) is 72.5 Å². The molecule has 1 aromatic heterocycles. The van der Waals surface area contributed by atoms with Crippen molar-refractivity contribution in [3.63, 3.8) is 0 Å². The summed E-state index contributed by atoms with van der Waals surface area (Å²) in [5.74, 6) is 0.0664. The number of rotatable bonds is 3. The van der Waals surface area contributed by atoms with Crippen LogP contribution in [0.2, 0.25) is 0 Å². The molecule has 1 saturated heterocycles. The lowest BCUT2D eigenvalue weighted by Gasteiger charge is -2.34. The Balaban J connectivity index is 1.69. The van der Waals surface area contributed by atoms with Gasteiger partial charge in [0, 0.05) is 43.7 Å². The molecule has 6 heteroatoms. The van der Waals surface area contributed by atoms with Gasteiger partial charge in [-0.3, -0.25) is 14.8 Å². The number of benzene rings is 1. The molecule has 20 heavy (non-hydrogen) atoms. The third kappa shape index (κ3) is 2.52. The molecule has 0 radical (unpaired) electrons. The van der Waals surface area contributed by atoms with Crippen molar-refractivity contribution in [2.24, 2.45) is 0 Å². The maximum absolute atomic E-state index is 12.5. The number of nitrogens with zero attached hydrogens (tertiary/aromatic N) is 3. The molecule has 0 spiro atoms. The first-order valence-corrected chi connectivity index (χ1v) is 6.83. The zero-order valence-corrected chi connectivity index (χ0v) is 11.2. The molecule has 2 heterocycles. The van der Waals surface area contributed by atoms with E-state index >= 15 is 0 Å². The van der Waals surface area contributed by atoms with Gasteiger partial charge in [0.2, 0.25) is 0 Å². The predicted molar refractivity (Wildman–Crippen MR) is 75.5 cm³/mol. The normalized spacial score (nSPS) is 16.8. The monoisotopic (exact) mass is 274 g/mol. The van der Waals surface area contributed by atoms with Crippen molar-refractivity contribution in [3.8, 4) is 0 Å². The Morgan fingerprint density at radius 2 is 2.10 bits per heavy atom. The summed E-state index contributed by atoms with van der Waals surface area (Å²) in [4.78, 5) is 16.5. The minimum absolute atomic E-state index is 0.0664. The summed E-state index contributed by atoms with van der Waals surface area (Å²) < 4.78 is 0. The molecular weight excluding hydrogens is 256 g/mol. The number of amides is 1. The highest BCUT2D eigenvalue weighted by atomic mass is 16.3. The van der Waals surface area contributed by atoms with E-state index in [0.29, 0.717) is 25.2 Å². The lowest BCUT2D eigenvalue weighted by Crippen LogP contribution is -2.49. The van der Waals surface area contributed by atoms with Crippen LogP contribution in [0, 0.1) is 0 Å². The summed E-state index contributed by atoms with van der Waals surface area (Å²) in [6.07, 6.45) is 1.73. The largest absolute Gasteiger partial charge is 0.395 e. The van der Waals surface area contributed by atoms with E-state index in [9.17, 15) is 4.79 Å². The molecule has 0 bridgehead atoms. The van der Waals surface area contributed by atoms with E-state index in [1.807, 2.05) is 23.1 Å². The van der Waals surface area contributed by atoms with Crippen LogP contribution in [-0.4, -0.2) is 70.3 Å². The van der Waals surface area contributed by atoms with Crippen molar-refractivity contribution >= 4 is 16.8 Å². The Hall–Kier alpha value is -1.92. The first-order chi connectivity index (χ1) is 9.78. The van der Waals surface area contributed by atoms with Crippen LogP contribution in [0.1, 0.15) is 10.4 Å². The quantitative estimate of drug-likeness (QED) is 0.845. The molecule has 1 aromatic carbocycles. The molecule has 1 aliphatic rings. The highest BCUT2D eigenvalue weighted by molar-refractivity contribution is 5.97. The number of nitrogens with one attached hydrogen (secondary N) is 1. The van der Waals surface area contributed by atoms with Crippen molar-refractivity contribution in [2.45, 2.75) is 0 Å². The molecule has 0 atom stereocenters. The highest BCUT2D eigenvalue weighted by Gasteiger charge is 2.21. The number of aliphatic hydroxyl groups is 1. The average molecular weight is 274 g/mol. The van der Waals surface area contributed by atoms with Crippen LogP contribution in [0.25, 0.3) is 10.9 Å². The Bertz CT molecular complexity index is 602. The maximum atomic E-state index is 12.5. The fourth-order valence-electron chi connectivity index (χ4n) is 2.57. The van der Waals surface area contributed by atoms with Gasteiger partial charge in [0.05, 0.1) is 18.3 Å². The number of aromatic amines is 1. The maximum Gasteiger partial charge on any atom is 0.253 e. The molecule has 1 aliphatic heterocycles. The molecule has 1 fully saturated rings. The molecule has 0 unspecified atom stereocenters. The van der Waals surface area contributed by atoms with Gasteiger partial charge in [0.15, 0.2) is 0 Å². The van der Waals surface area contributed by atoms with Crippen LogP contribution in [0.4, 0.5) is 0 Å². The second kappa shape index (κ2) is 5.60. The van der Waals surface area contributed by atoms with Crippen LogP contribution >= 0.6 is 0 Å². The molecule has 2 aromatic rings. The Morgan fingerprint density at radius 3 is 2.85 bits per heavy atom. The van der Waals surface area contributed by atoms with E-state index in [0.717, 1.165) is 24.0 Å². The van der Waals surface area contributed by atoms with Crippen LogP contribution in [-0.2, 0) is 0 Å². The molecule has 6 nitrogen and oxygen atoms in total. The minimum Gasteiger partial charge on any atom is -0.395 e. The van der Waals surface area contributed by atoms with Gasteiger partial charge < -0.3 is 10.0 Å². The number of piperazine rings is 1. The summed E-state index contributed by atoms with van der Waals surface area (Å²) in [7, 11) is 0. The number of H-pyrrole nitrogens is 1. The fourth-order valence-corrected chi connectivity index (χ4v) is 2.57. The number of carbonyl (C=O) groups is 1. The van der Waals surface area contributed by atoms with Crippen LogP contribution < -0.4 is 0 Å². The number of β-amino-alcohol motifs (C(OH)–C–C–N with tert-alkyl or cyclic N) is 1. The first kappa shape index (κ1) is 13.1. The van der Waals surface area contributed by atoms with Gasteiger partial charge in [0.25, 0.3) is 5.91 Å². The number of aliphatic hydroxyl groups excluding tert-OH is 1. The fraction of sp³-hybridized carbons (Fsp3) is 0.429. The van der Waals surface area contributed by atoms with Crippen molar-refractivity contribution in [1.82, 2.24) is 20.0 Å². The Labute approximate surface area is 117 Å². The summed E-state index contributed by atoms with van der Waals surface area (Å²) in [6, 6.07) is 5.60. The molecule has 2 N–H and O–H groups in total.